The van der Waals surface area contributed by atoms with Crippen LogP contribution in [0, 0.1) is 0 Å². The van der Waals surface area contributed by atoms with Gasteiger partial charge in [-0.2, -0.15) is 4.52 Å². The van der Waals surface area contributed by atoms with Crippen molar-refractivity contribution in [2.75, 3.05) is 13.2 Å². The highest BCUT2D eigenvalue weighted by Crippen LogP contribution is 2.34. The average molecular weight is 436 g/mol. The Hall–Kier alpha value is -3.00. The fourth-order valence-corrected chi connectivity index (χ4v) is 3.88. The van der Waals surface area contributed by atoms with Crippen molar-refractivity contribution in [3.8, 4) is 22.8 Å². The zero-order valence-electron chi connectivity index (χ0n) is 16.9. The fraction of sp³-hybridized carbons (Fsp3) is 0.261. The maximum absolute atomic E-state index is 6.15. The minimum atomic E-state index is 0.191. The molecule has 4 aromatic rings. The highest BCUT2D eigenvalue weighted by Gasteiger charge is 2.15. The first-order valence-electron chi connectivity index (χ1n) is 10.3. The van der Waals surface area contributed by atoms with Crippen molar-refractivity contribution in [3.05, 3.63) is 71.5 Å². The molecule has 158 valence electrons. The maximum atomic E-state index is 6.15. The van der Waals surface area contributed by atoms with E-state index in [9.17, 15) is 0 Å². The lowest BCUT2D eigenvalue weighted by Crippen LogP contribution is -2.25. The number of benzene rings is 2. The highest BCUT2D eigenvalue weighted by molar-refractivity contribution is 6.28. The monoisotopic (exact) mass is 435 g/mol. The van der Waals surface area contributed by atoms with Crippen LogP contribution in [0.3, 0.4) is 0 Å². The summed E-state index contributed by atoms with van der Waals surface area (Å²) in [6, 6.07) is 19.9. The Morgan fingerprint density at radius 1 is 1.10 bits per heavy atom. The van der Waals surface area contributed by atoms with Crippen LogP contribution in [-0.2, 0) is 11.3 Å². The van der Waals surface area contributed by atoms with Crippen LogP contribution in [0.5, 0.6) is 11.6 Å². The van der Waals surface area contributed by atoms with Gasteiger partial charge in [-0.05, 0) is 53.8 Å². The van der Waals surface area contributed by atoms with Gasteiger partial charge < -0.3 is 14.8 Å². The van der Waals surface area contributed by atoms with Crippen molar-refractivity contribution >= 4 is 17.2 Å². The number of rotatable bonds is 7. The standard InChI is InChI=1S/C23H22ClN5O2/c24-23-27-26-21-10-11-22(28-29(21)23)31-20-9-8-16(14-25-15-18-7-4-12-30-18)13-19(20)17-5-2-1-3-6-17/h1-3,5-6,8-11,13,18,25H,4,7,12,14-15H2. The Balaban J connectivity index is 1.40. The summed E-state index contributed by atoms with van der Waals surface area (Å²) in [5, 5.41) is 15.9. The molecule has 8 heteroatoms. The number of fused-ring (bicyclic) bond motifs is 1. The summed E-state index contributed by atoms with van der Waals surface area (Å²) >= 11 is 6.05. The third kappa shape index (κ3) is 4.54. The summed E-state index contributed by atoms with van der Waals surface area (Å²) in [6.07, 6.45) is 2.60. The molecule has 0 amide bonds. The van der Waals surface area contributed by atoms with E-state index in [2.05, 4.69) is 44.9 Å². The van der Waals surface area contributed by atoms with E-state index in [4.69, 9.17) is 21.1 Å². The van der Waals surface area contributed by atoms with E-state index in [1.807, 2.05) is 24.3 Å². The summed E-state index contributed by atoms with van der Waals surface area (Å²) in [5.41, 5.74) is 3.80. The molecule has 1 saturated heterocycles. The molecular weight excluding hydrogens is 414 g/mol. The second kappa shape index (κ2) is 9.01. The summed E-state index contributed by atoms with van der Waals surface area (Å²) in [4.78, 5) is 0. The van der Waals surface area contributed by atoms with Crippen LogP contribution in [0.1, 0.15) is 18.4 Å². The SMILES string of the molecule is Clc1nnc2ccc(Oc3ccc(CNCC4CCCO4)cc3-c3ccccc3)nn12. The van der Waals surface area contributed by atoms with Gasteiger partial charge in [-0.1, -0.05) is 36.4 Å². The Labute approximate surface area is 185 Å². The Kier molecular flexibility index (Phi) is 5.80. The second-order valence-electron chi connectivity index (χ2n) is 7.48. The van der Waals surface area contributed by atoms with Crippen LogP contribution in [0.2, 0.25) is 5.28 Å². The molecule has 1 aliphatic heterocycles. The van der Waals surface area contributed by atoms with Crippen LogP contribution >= 0.6 is 11.6 Å². The first kappa shape index (κ1) is 19.9. The molecule has 31 heavy (non-hydrogen) atoms. The molecule has 1 fully saturated rings. The Bertz CT molecular complexity index is 1180. The molecule has 1 unspecified atom stereocenters. The van der Waals surface area contributed by atoms with Crippen molar-refractivity contribution in [3.63, 3.8) is 0 Å². The van der Waals surface area contributed by atoms with Gasteiger partial charge in [0.1, 0.15) is 5.75 Å². The van der Waals surface area contributed by atoms with Crippen LogP contribution in [0.15, 0.2) is 60.7 Å². The zero-order valence-corrected chi connectivity index (χ0v) is 17.6. The normalized spacial score (nSPS) is 16.1. The van der Waals surface area contributed by atoms with E-state index in [0.29, 0.717) is 23.4 Å². The van der Waals surface area contributed by atoms with Crippen molar-refractivity contribution in [2.45, 2.75) is 25.5 Å². The topological polar surface area (TPSA) is 73.6 Å². The number of aromatic nitrogens is 4. The number of nitrogens with zero attached hydrogens (tertiary/aromatic N) is 4. The Morgan fingerprint density at radius 2 is 2.00 bits per heavy atom. The van der Waals surface area contributed by atoms with E-state index in [0.717, 1.165) is 43.7 Å². The largest absolute Gasteiger partial charge is 0.437 e. The first-order chi connectivity index (χ1) is 15.3. The van der Waals surface area contributed by atoms with E-state index < -0.39 is 0 Å². The molecule has 5 rings (SSSR count). The number of ether oxygens (including phenoxy) is 2. The minimum Gasteiger partial charge on any atom is -0.437 e. The molecule has 2 aromatic heterocycles. The molecule has 0 radical (unpaired) electrons. The molecule has 3 heterocycles. The molecule has 1 atom stereocenters. The molecular formula is C23H22ClN5O2. The lowest BCUT2D eigenvalue weighted by molar-refractivity contribution is 0.110. The van der Waals surface area contributed by atoms with Gasteiger partial charge in [0.15, 0.2) is 5.65 Å². The third-order valence-corrected chi connectivity index (χ3v) is 5.50. The van der Waals surface area contributed by atoms with Gasteiger partial charge >= 0.3 is 0 Å². The van der Waals surface area contributed by atoms with E-state index in [1.165, 1.54) is 10.1 Å². The zero-order chi connectivity index (χ0) is 21.0. The predicted octanol–water partition coefficient (Wildman–Crippen LogP) is 4.51. The van der Waals surface area contributed by atoms with Gasteiger partial charge in [0, 0.05) is 31.3 Å². The highest BCUT2D eigenvalue weighted by atomic mass is 35.5. The van der Waals surface area contributed by atoms with Gasteiger partial charge in [0.05, 0.1) is 6.10 Å². The first-order valence-corrected chi connectivity index (χ1v) is 10.7. The molecule has 1 aliphatic rings. The fourth-order valence-electron chi connectivity index (χ4n) is 3.72. The average Bonchev–Trinajstić information content (AvgIpc) is 3.45. The van der Waals surface area contributed by atoms with E-state index >= 15 is 0 Å². The molecule has 7 nitrogen and oxygen atoms in total. The van der Waals surface area contributed by atoms with Crippen LogP contribution in [0.4, 0.5) is 0 Å². The van der Waals surface area contributed by atoms with Crippen molar-refractivity contribution in [1.82, 2.24) is 25.1 Å². The van der Waals surface area contributed by atoms with E-state index in [-0.39, 0.29) is 5.28 Å². The lowest BCUT2D eigenvalue weighted by atomic mass is 10.0. The van der Waals surface area contributed by atoms with E-state index in [1.54, 1.807) is 12.1 Å². The summed E-state index contributed by atoms with van der Waals surface area (Å²) in [6.45, 7) is 2.50. The molecule has 2 aromatic carbocycles. The minimum absolute atomic E-state index is 0.191. The van der Waals surface area contributed by atoms with Crippen molar-refractivity contribution < 1.29 is 9.47 Å². The van der Waals surface area contributed by atoms with Crippen LogP contribution in [0.25, 0.3) is 16.8 Å². The number of halogens is 1. The quantitative estimate of drug-likeness (QED) is 0.460. The summed E-state index contributed by atoms with van der Waals surface area (Å²) in [7, 11) is 0. The third-order valence-electron chi connectivity index (χ3n) is 5.27. The number of nitrogens with one attached hydrogen (secondary N) is 1. The van der Waals surface area contributed by atoms with Gasteiger partial charge in [-0.25, -0.2) is 0 Å². The predicted molar refractivity (Wildman–Crippen MR) is 118 cm³/mol. The van der Waals surface area contributed by atoms with Crippen molar-refractivity contribution in [2.24, 2.45) is 0 Å². The Morgan fingerprint density at radius 3 is 2.84 bits per heavy atom. The second-order valence-corrected chi connectivity index (χ2v) is 7.81. The number of hydrogen-bond acceptors (Lipinski definition) is 6. The van der Waals surface area contributed by atoms with Gasteiger partial charge in [0.2, 0.25) is 11.2 Å². The van der Waals surface area contributed by atoms with Crippen molar-refractivity contribution in [1.29, 1.82) is 0 Å². The summed E-state index contributed by atoms with van der Waals surface area (Å²) in [5.74, 6) is 1.13. The van der Waals surface area contributed by atoms with Gasteiger partial charge in [-0.15, -0.1) is 15.3 Å². The molecule has 0 saturated carbocycles. The lowest BCUT2D eigenvalue weighted by Gasteiger charge is -2.14. The summed E-state index contributed by atoms with van der Waals surface area (Å²) < 4.78 is 13.3. The van der Waals surface area contributed by atoms with Gasteiger partial charge in [-0.3, -0.25) is 0 Å². The van der Waals surface area contributed by atoms with Crippen LogP contribution < -0.4 is 10.1 Å². The number of hydrogen-bond donors (Lipinski definition) is 1. The maximum Gasteiger partial charge on any atom is 0.246 e. The molecule has 0 spiro atoms. The molecule has 1 N–H and O–H groups in total. The smallest absolute Gasteiger partial charge is 0.246 e. The molecule has 0 aliphatic carbocycles. The van der Waals surface area contributed by atoms with Gasteiger partial charge in [0.25, 0.3) is 0 Å². The molecule has 0 bridgehead atoms. The van der Waals surface area contributed by atoms with Crippen LogP contribution in [-0.4, -0.2) is 39.1 Å².